The fourth-order valence-corrected chi connectivity index (χ4v) is 3.59. The second-order valence-corrected chi connectivity index (χ2v) is 6.68. The average Bonchev–Trinajstić information content (AvgIpc) is 2.99. The lowest BCUT2D eigenvalue weighted by Crippen LogP contribution is -2.14. The van der Waals surface area contributed by atoms with Crippen molar-refractivity contribution in [1.29, 1.82) is 0 Å². The molecule has 1 aliphatic heterocycles. The molecule has 1 atom stereocenters. The van der Waals surface area contributed by atoms with Crippen molar-refractivity contribution in [3.05, 3.63) is 82.1 Å². The number of benzene rings is 2. The quantitative estimate of drug-likeness (QED) is 0.749. The standard InChI is InChI=1S/C20H18ClFN4/c1-12-20-24-11-14(10-23-2)26(20)18-8-7-13(22)9-16(18)19(25-12)15-5-3-4-6-17(15)21/h3-9,11-12,23H,10H2,1-2H3. The van der Waals surface area contributed by atoms with Crippen molar-refractivity contribution in [2.75, 3.05) is 7.05 Å². The number of hydrogen-bond donors (Lipinski definition) is 1. The maximum Gasteiger partial charge on any atom is 0.138 e. The van der Waals surface area contributed by atoms with E-state index in [4.69, 9.17) is 16.6 Å². The van der Waals surface area contributed by atoms with Crippen molar-refractivity contribution in [3.63, 3.8) is 0 Å². The van der Waals surface area contributed by atoms with Crippen LogP contribution < -0.4 is 5.32 Å². The van der Waals surface area contributed by atoms with E-state index in [9.17, 15) is 4.39 Å². The minimum absolute atomic E-state index is 0.192. The van der Waals surface area contributed by atoms with Gasteiger partial charge in [-0.15, -0.1) is 0 Å². The first-order valence-electron chi connectivity index (χ1n) is 8.44. The lowest BCUT2D eigenvalue weighted by Gasteiger charge is -2.15. The Kier molecular flexibility index (Phi) is 4.34. The maximum absolute atomic E-state index is 14.1. The molecule has 0 spiro atoms. The zero-order chi connectivity index (χ0) is 18.3. The van der Waals surface area contributed by atoms with Crippen LogP contribution in [0.2, 0.25) is 5.02 Å². The molecule has 4 rings (SSSR count). The van der Waals surface area contributed by atoms with Crippen molar-refractivity contribution >= 4 is 17.3 Å². The summed E-state index contributed by atoms with van der Waals surface area (Å²) in [6.45, 7) is 2.64. The number of imidazole rings is 1. The summed E-state index contributed by atoms with van der Waals surface area (Å²) in [6, 6.07) is 12.1. The Morgan fingerprint density at radius 2 is 2.00 bits per heavy atom. The highest BCUT2D eigenvalue weighted by Gasteiger charge is 2.26. The molecular weight excluding hydrogens is 351 g/mol. The van der Waals surface area contributed by atoms with Crippen LogP contribution in [0.3, 0.4) is 0 Å². The number of hydrogen-bond acceptors (Lipinski definition) is 3. The van der Waals surface area contributed by atoms with E-state index in [1.165, 1.54) is 12.1 Å². The number of nitrogens with zero attached hydrogens (tertiary/aromatic N) is 3. The molecule has 3 aromatic rings. The van der Waals surface area contributed by atoms with Gasteiger partial charge in [0.2, 0.25) is 0 Å². The SMILES string of the molecule is CNCc1cnc2n1-c1ccc(F)cc1C(c1ccccc1Cl)=NC2C. The Hall–Kier alpha value is -2.50. The normalized spacial score (nSPS) is 15.8. The number of rotatable bonds is 3. The molecule has 2 heterocycles. The van der Waals surface area contributed by atoms with Gasteiger partial charge >= 0.3 is 0 Å². The van der Waals surface area contributed by atoms with E-state index in [1.54, 1.807) is 6.07 Å². The number of halogens is 2. The molecule has 26 heavy (non-hydrogen) atoms. The average molecular weight is 369 g/mol. The van der Waals surface area contributed by atoms with Crippen LogP contribution in [-0.2, 0) is 6.54 Å². The van der Waals surface area contributed by atoms with Crippen LogP contribution in [0.1, 0.15) is 35.6 Å². The Bertz CT molecular complexity index is 1010. The van der Waals surface area contributed by atoms with Gasteiger partial charge in [0.1, 0.15) is 17.7 Å². The summed E-state index contributed by atoms with van der Waals surface area (Å²) in [5.41, 5.74) is 4.02. The monoisotopic (exact) mass is 368 g/mol. The third kappa shape index (κ3) is 2.73. The fourth-order valence-electron chi connectivity index (χ4n) is 3.36. The van der Waals surface area contributed by atoms with Crippen LogP contribution in [0.15, 0.2) is 53.7 Å². The Balaban J connectivity index is 2.02. The molecule has 4 nitrogen and oxygen atoms in total. The molecule has 1 aromatic heterocycles. The predicted molar refractivity (Wildman–Crippen MR) is 102 cm³/mol. The summed E-state index contributed by atoms with van der Waals surface area (Å²) in [4.78, 5) is 9.44. The minimum Gasteiger partial charge on any atom is -0.314 e. The number of nitrogens with one attached hydrogen (secondary N) is 1. The van der Waals surface area contributed by atoms with Crippen LogP contribution in [-0.4, -0.2) is 22.3 Å². The molecule has 0 aliphatic carbocycles. The van der Waals surface area contributed by atoms with Gasteiger partial charge in [-0.1, -0.05) is 29.8 Å². The first kappa shape index (κ1) is 16.9. The molecule has 1 aliphatic rings. The van der Waals surface area contributed by atoms with Crippen LogP contribution in [0.5, 0.6) is 0 Å². The molecule has 0 radical (unpaired) electrons. The summed E-state index contributed by atoms with van der Waals surface area (Å²) in [7, 11) is 1.89. The van der Waals surface area contributed by atoms with Crippen molar-refractivity contribution in [2.45, 2.75) is 19.5 Å². The van der Waals surface area contributed by atoms with E-state index in [2.05, 4.69) is 14.9 Å². The van der Waals surface area contributed by atoms with E-state index in [-0.39, 0.29) is 11.9 Å². The van der Waals surface area contributed by atoms with Gasteiger partial charge in [0, 0.05) is 22.7 Å². The van der Waals surface area contributed by atoms with Gasteiger partial charge in [-0.25, -0.2) is 9.37 Å². The largest absolute Gasteiger partial charge is 0.314 e. The molecule has 0 bridgehead atoms. The van der Waals surface area contributed by atoms with E-state index in [0.29, 0.717) is 22.8 Å². The van der Waals surface area contributed by atoms with E-state index in [1.807, 2.05) is 44.4 Å². The van der Waals surface area contributed by atoms with Gasteiger partial charge in [0.15, 0.2) is 0 Å². The Morgan fingerprint density at radius 3 is 2.77 bits per heavy atom. The van der Waals surface area contributed by atoms with Gasteiger partial charge < -0.3 is 5.32 Å². The maximum atomic E-state index is 14.1. The number of fused-ring (bicyclic) bond motifs is 3. The van der Waals surface area contributed by atoms with Gasteiger partial charge in [-0.3, -0.25) is 9.56 Å². The first-order chi connectivity index (χ1) is 12.6. The summed E-state index contributed by atoms with van der Waals surface area (Å²) in [5, 5.41) is 3.74. The molecule has 6 heteroatoms. The fraction of sp³-hybridized carbons (Fsp3) is 0.200. The Morgan fingerprint density at radius 1 is 1.19 bits per heavy atom. The van der Waals surface area contributed by atoms with Crippen molar-refractivity contribution < 1.29 is 4.39 Å². The van der Waals surface area contributed by atoms with Gasteiger partial charge in [0.25, 0.3) is 0 Å². The third-order valence-electron chi connectivity index (χ3n) is 4.50. The lowest BCUT2D eigenvalue weighted by molar-refractivity contribution is 0.626. The van der Waals surface area contributed by atoms with Crippen molar-refractivity contribution in [1.82, 2.24) is 14.9 Å². The van der Waals surface area contributed by atoms with Gasteiger partial charge in [0.05, 0.1) is 23.3 Å². The zero-order valence-corrected chi connectivity index (χ0v) is 15.3. The van der Waals surface area contributed by atoms with Crippen LogP contribution >= 0.6 is 11.6 Å². The molecule has 0 amide bonds. The van der Waals surface area contributed by atoms with Gasteiger partial charge in [-0.2, -0.15) is 0 Å². The minimum atomic E-state index is -0.310. The molecule has 0 fully saturated rings. The molecule has 1 unspecified atom stereocenters. The summed E-state index contributed by atoms with van der Waals surface area (Å²) < 4.78 is 16.2. The molecule has 132 valence electrons. The predicted octanol–water partition coefficient (Wildman–Crippen LogP) is 4.30. The molecule has 2 aromatic carbocycles. The molecule has 0 saturated carbocycles. The second kappa shape index (κ2) is 6.67. The molecule has 1 N–H and O–H groups in total. The lowest BCUT2D eigenvalue weighted by atomic mass is 10.00. The van der Waals surface area contributed by atoms with E-state index in [0.717, 1.165) is 22.8 Å². The summed E-state index contributed by atoms with van der Waals surface area (Å²) in [5.74, 6) is 0.514. The van der Waals surface area contributed by atoms with Crippen LogP contribution in [0.4, 0.5) is 4.39 Å². The van der Waals surface area contributed by atoms with Crippen LogP contribution in [0.25, 0.3) is 5.69 Å². The molecular formula is C20H18ClFN4. The summed E-state index contributed by atoms with van der Waals surface area (Å²) >= 11 is 6.42. The van der Waals surface area contributed by atoms with Crippen LogP contribution in [0, 0.1) is 5.82 Å². The highest BCUT2D eigenvalue weighted by molar-refractivity contribution is 6.35. The third-order valence-corrected chi connectivity index (χ3v) is 4.83. The first-order valence-corrected chi connectivity index (χ1v) is 8.82. The zero-order valence-electron chi connectivity index (χ0n) is 14.5. The van der Waals surface area contributed by atoms with Crippen molar-refractivity contribution in [3.8, 4) is 5.69 Å². The molecule has 0 saturated heterocycles. The number of aliphatic imine (C=N–C) groups is 1. The van der Waals surface area contributed by atoms with E-state index < -0.39 is 0 Å². The number of aromatic nitrogens is 2. The van der Waals surface area contributed by atoms with Crippen molar-refractivity contribution in [2.24, 2.45) is 4.99 Å². The van der Waals surface area contributed by atoms with E-state index >= 15 is 0 Å². The summed E-state index contributed by atoms with van der Waals surface area (Å²) in [6.07, 6.45) is 1.84. The Labute approximate surface area is 156 Å². The highest BCUT2D eigenvalue weighted by atomic mass is 35.5. The van der Waals surface area contributed by atoms with Gasteiger partial charge in [-0.05, 0) is 38.2 Å². The topological polar surface area (TPSA) is 42.2 Å². The second-order valence-electron chi connectivity index (χ2n) is 6.27. The highest BCUT2D eigenvalue weighted by Crippen LogP contribution is 2.33. The smallest absolute Gasteiger partial charge is 0.138 e.